The second kappa shape index (κ2) is 5.76. The fourth-order valence-corrected chi connectivity index (χ4v) is 5.81. The first-order chi connectivity index (χ1) is 11.1. The van der Waals surface area contributed by atoms with Crippen molar-refractivity contribution in [1.29, 1.82) is 0 Å². The molecule has 2 heterocycles. The molecule has 0 radical (unpaired) electrons. The molecular weight excluding hydrogens is 310 g/mol. The van der Waals surface area contributed by atoms with E-state index in [-0.39, 0.29) is 11.2 Å². The van der Waals surface area contributed by atoms with Crippen molar-refractivity contribution in [1.82, 2.24) is 14.5 Å². The van der Waals surface area contributed by atoms with Gasteiger partial charge in [0.2, 0.25) is 10.0 Å². The van der Waals surface area contributed by atoms with E-state index in [1.807, 2.05) is 18.2 Å². The molecule has 6 heteroatoms. The monoisotopic (exact) mass is 331 g/mol. The molecule has 0 bridgehead atoms. The highest BCUT2D eigenvalue weighted by Gasteiger charge is 2.38. The molecular formula is C17H21N3O2S. The third-order valence-corrected chi connectivity index (χ3v) is 7.49. The lowest BCUT2D eigenvalue weighted by atomic mass is 9.92. The summed E-state index contributed by atoms with van der Waals surface area (Å²) in [7, 11) is -3.23. The maximum atomic E-state index is 13.0. The van der Waals surface area contributed by atoms with E-state index >= 15 is 0 Å². The highest BCUT2D eigenvalue weighted by atomic mass is 32.2. The summed E-state index contributed by atoms with van der Waals surface area (Å²) in [6, 6.07) is 10.1. The fraction of sp³-hybridized carbons (Fsp3) is 0.471. The normalized spacial score (nSPS) is 25.4. The van der Waals surface area contributed by atoms with Crippen molar-refractivity contribution in [2.75, 3.05) is 13.1 Å². The number of rotatable bonds is 3. The van der Waals surface area contributed by atoms with Crippen LogP contribution < -0.4 is 0 Å². The van der Waals surface area contributed by atoms with Gasteiger partial charge in [0, 0.05) is 30.9 Å². The van der Waals surface area contributed by atoms with Crippen molar-refractivity contribution in [3.05, 3.63) is 53.3 Å². The lowest BCUT2D eigenvalue weighted by Gasteiger charge is -2.28. The van der Waals surface area contributed by atoms with Crippen LogP contribution in [-0.2, 0) is 22.9 Å². The second-order valence-electron chi connectivity index (χ2n) is 6.53. The maximum absolute atomic E-state index is 13.0. The number of hydrogen-bond donors (Lipinski definition) is 1. The van der Waals surface area contributed by atoms with E-state index in [1.54, 1.807) is 10.5 Å². The van der Waals surface area contributed by atoms with Gasteiger partial charge in [-0.1, -0.05) is 24.3 Å². The van der Waals surface area contributed by atoms with Crippen molar-refractivity contribution in [3.8, 4) is 0 Å². The highest BCUT2D eigenvalue weighted by molar-refractivity contribution is 7.89. The molecule has 23 heavy (non-hydrogen) atoms. The minimum Gasteiger partial charge on any atom is -0.282 e. The molecule has 1 aromatic carbocycles. The van der Waals surface area contributed by atoms with Crippen LogP contribution in [0.3, 0.4) is 0 Å². The summed E-state index contributed by atoms with van der Waals surface area (Å²) >= 11 is 0. The van der Waals surface area contributed by atoms with Gasteiger partial charge in [0.05, 0.1) is 5.25 Å². The number of nitrogens with zero attached hydrogens (tertiary/aromatic N) is 2. The Bertz CT molecular complexity index is 786. The first-order valence-electron chi connectivity index (χ1n) is 8.19. The molecule has 1 saturated heterocycles. The molecule has 2 atom stereocenters. The van der Waals surface area contributed by atoms with Crippen LogP contribution in [0.25, 0.3) is 0 Å². The van der Waals surface area contributed by atoms with Crippen LogP contribution in [0.5, 0.6) is 0 Å². The number of benzene rings is 1. The van der Waals surface area contributed by atoms with E-state index < -0.39 is 10.0 Å². The van der Waals surface area contributed by atoms with Crippen LogP contribution in [0, 0.1) is 0 Å². The van der Waals surface area contributed by atoms with Gasteiger partial charge in [0.15, 0.2) is 0 Å². The number of H-pyrrole nitrogens is 1. The van der Waals surface area contributed by atoms with Crippen LogP contribution in [0.15, 0.2) is 36.5 Å². The van der Waals surface area contributed by atoms with E-state index in [4.69, 9.17) is 0 Å². The van der Waals surface area contributed by atoms with Crippen molar-refractivity contribution in [2.45, 2.75) is 36.9 Å². The standard InChI is InChI=1S/C17H21N3O2S/c21-23(22,16-6-5-13-3-1-2-4-14(13)11-16)20-10-8-15(12-20)17-7-9-18-19-17/h1-4,7,9,15-16H,5-6,8,10-12H2,(H,18,19). The SMILES string of the molecule is O=S(=O)(C1CCc2ccccc2C1)N1CCC(c2ccn[nH]2)C1. The molecule has 1 aliphatic carbocycles. The molecule has 1 N–H and O–H groups in total. The number of hydrogen-bond acceptors (Lipinski definition) is 3. The molecule has 122 valence electrons. The predicted octanol–water partition coefficient (Wildman–Crippen LogP) is 2.09. The van der Waals surface area contributed by atoms with E-state index in [0.29, 0.717) is 19.5 Å². The number of nitrogens with one attached hydrogen (secondary N) is 1. The Kier molecular flexibility index (Phi) is 3.73. The smallest absolute Gasteiger partial charge is 0.217 e. The zero-order valence-electron chi connectivity index (χ0n) is 13.0. The summed E-state index contributed by atoms with van der Waals surface area (Å²) in [4.78, 5) is 0. The Balaban J connectivity index is 1.51. The molecule has 1 fully saturated rings. The van der Waals surface area contributed by atoms with Crippen molar-refractivity contribution < 1.29 is 8.42 Å². The van der Waals surface area contributed by atoms with Gasteiger partial charge in [-0.15, -0.1) is 0 Å². The van der Waals surface area contributed by atoms with Crippen molar-refractivity contribution in [3.63, 3.8) is 0 Å². The molecule has 5 nitrogen and oxygen atoms in total. The first-order valence-corrected chi connectivity index (χ1v) is 9.70. The highest BCUT2D eigenvalue weighted by Crippen LogP contribution is 2.32. The topological polar surface area (TPSA) is 66.1 Å². The van der Waals surface area contributed by atoms with Crippen molar-refractivity contribution in [2.24, 2.45) is 0 Å². The Labute approximate surface area is 136 Å². The first kappa shape index (κ1) is 14.9. The van der Waals surface area contributed by atoms with Crippen LogP contribution in [-0.4, -0.2) is 41.3 Å². The number of aromatic nitrogens is 2. The van der Waals surface area contributed by atoms with Crippen LogP contribution >= 0.6 is 0 Å². The lowest BCUT2D eigenvalue weighted by molar-refractivity contribution is 0.452. The Hall–Kier alpha value is -1.66. The summed E-state index contributed by atoms with van der Waals surface area (Å²) < 4.78 is 27.7. The molecule has 4 rings (SSSR count). The number of sulfonamides is 1. The fourth-order valence-electron chi connectivity index (χ4n) is 3.84. The quantitative estimate of drug-likeness (QED) is 0.936. The number of aromatic amines is 1. The van der Waals surface area contributed by atoms with E-state index in [2.05, 4.69) is 22.3 Å². The number of fused-ring (bicyclic) bond motifs is 1. The van der Waals surface area contributed by atoms with E-state index in [1.165, 1.54) is 11.1 Å². The van der Waals surface area contributed by atoms with Gasteiger partial charge >= 0.3 is 0 Å². The summed E-state index contributed by atoms with van der Waals surface area (Å²) in [6.07, 6.45) is 4.82. The Morgan fingerprint density at radius 1 is 1.13 bits per heavy atom. The average Bonchev–Trinajstić information content (AvgIpc) is 3.25. The van der Waals surface area contributed by atoms with Gasteiger partial charge < -0.3 is 0 Å². The summed E-state index contributed by atoms with van der Waals surface area (Å²) in [5.41, 5.74) is 3.53. The zero-order valence-corrected chi connectivity index (χ0v) is 13.8. The molecule has 0 amide bonds. The Morgan fingerprint density at radius 3 is 2.74 bits per heavy atom. The molecule has 2 aliphatic rings. The molecule has 1 aliphatic heterocycles. The van der Waals surface area contributed by atoms with Gasteiger partial charge in [-0.3, -0.25) is 5.10 Å². The predicted molar refractivity (Wildman–Crippen MR) is 88.7 cm³/mol. The van der Waals surface area contributed by atoms with Crippen LogP contribution in [0.4, 0.5) is 0 Å². The summed E-state index contributed by atoms with van der Waals surface area (Å²) in [6.45, 7) is 1.19. The summed E-state index contributed by atoms with van der Waals surface area (Å²) in [5, 5.41) is 6.67. The third-order valence-electron chi connectivity index (χ3n) is 5.20. The second-order valence-corrected chi connectivity index (χ2v) is 8.75. The van der Waals surface area contributed by atoms with Gasteiger partial charge in [0.1, 0.15) is 0 Å². The van der Waals surface area contributed by atoms with E-state index in [9.17, 15) is 8.42 Å². The van der Waals surface area contributed by atoms with Gasteiger partial charge in [0.25, 0.3) is 0 Å². The Morgan fingerprint density at radius 2 is 1.96 bits per heavy atom. The van der Waals surface area contributed by atoms with Crippen LogP contribution in [0.2, 0.25) is 0 Å². The van der Waals surface area contributed by atoms with Gasteiger partial charge in [-0.2, -0.15) is 5.10 Å². The largest absolute Gasteiger partial charge is 0.282 e. The zero-order chi connectivity index (χ0) is 15.9. The molecule has 2 unspecified atom stereocenters. The maximum Gasteiger partial charge on any atom is 0.217 e. The molecule has 2 aromatic rings. The van der Waals surface area contributed by atoms with Crippen LogP contribution in [0.1, 0.15) is 35.6 Å². The van der Waals surface area contributed by atoms with E-state index in [0.717, 1.165) is 25.0 Å². The lowest BCUT2D eigenvalue weighted by Crippen LogP contribution is -2.40. The average molecular weight is 331 g/mol. The molecule has 0 saturated carbocycles. The minimum absolute atomic E-state index is 0.239. The minimum atomic E-state index is -3.23. The van der Waals surface area contributed by atoms with Gasteiger partial charge in [-0.05, 0) is 42.9 Å². The van der Waals surface area contributed by atoms with Crippen molar-refractivity contribution >= 4 is 10.0 Å². The molecule has 0 spiro atoms. The third kappa shape index (κ3) is 2.70. The van der Waals surface area contributed by atoms with Gasteiger partial charge in [-0.25, -0.2) is 12.7 Å². The molecule has 1 aromatic heterocycles. The number of aryl methyl sites for hydroxylation is 1. The summed E-state index contributed by atoms with van der Waals surface area (Å²) in [5.74, 6) is 0.239.